The monoisotopic (exact) mass is 184 g/mol. The fourth-order valence-electron chi connectivity index (χ4n) is 1.27. The Hall–Kier alpha value is -0.520. The predicted molar refractivity (Wildman–Crippen MR) is 54.2 cm³/mol. The molecule has 76 valence electrons. The van der Waals surface area contributed by atoms with Gasteiger partial charge in [-0.2, -0.15) is 0 Å². The van der Waals surface area contributed by atoms with E-state index in [2.05, 4.69) is 11.8 Å². The van der Waals surface area contributed by atoms with E-state index in [0.29, 0.717) is 19.3 Å². The maximum absolute atomic E-state index is 9.99. The third-order valence-electron chi connectivity index (χ3n) is 2.05. The molecule has 0 bridgehead atoms. The van der Waals surface area contributed by atoms with Gasteiger partial charge in [-0.1, -0.05) is 33.1 Å². The molecule has 0 aliphatic carbocycles. The average molecular weight is 184 g/mol. The van der Waals surface area contributed by atoms with E-state index in [-0.39, 0.29) is 0 Å². The lowest BCUT2D eigenvalue weighted by Crippen LogP contribution is -2.40. The first kappa shape index (κ1) is 12.5. The second kappa shape index (κ2) is 6.01. The highest BCUT2D eigenvalue weighted by Crippen LogP contribution is 2.19. The minimum Gasteiger partial charge on any atom is -0.389 e. The van der Waals surface area contributed by atoms with E-state index in [9.17, 15) is 10.2 Å². The van der Waals surface area contributed by atoms with Crippen molar-refractivity contribution in [2.45, 2.75) is 58.2 Å². The molecular weight excluding hydrogens is 164 g/mol. The van der Waals surface area contributed by atoms with Gasteiger partial charge in [0, 0.05) is 6.42 Å². The van der Waals surface area contributed by atoms with Crippen LogP contribution < -0.4 is 0 Å². The van der Waals surface area contributed by atoms with Crippen molar-refractivity contribution >= 4 is 0 Å². The summed E-state index contributed by atoms with van der Waals surface area (Å²) in [5.41, 5.74) is -1.19. The molecule has 2 atom stereocenters. The molecule has 0 fully saturated rings. The van der Waals surface area contributed by atoms with E-state index in [1.165, 1.54) is 0 Å². The van der Waals surface area contributed by atoms with Gasteiger partial charge in [-0.3, -0.25) is 0 Å². The van der Waals surface area contributed by atoms with Crippen LogP contribution in [-0.4, -0.2) is 21.9 Å². The van der Waals surface area contributed by atoms with E-state index in [0.717, 1.165) is 6.42 Å². The normalized spacial score (nSPS) is 17.0. The lowest BCUT2D eigenvalue weighted by Gasteiger charge is -2.26. The van der Waals surface area contributed by atoms with Gasteiger partial charge in [0.25, 0.3) is 0 Å². The lowest BCUT2D eigenvalue weighted by molar-refractivity contribution is -0.0391. The molecule has 2 N–H and O–H groups in total. The molecule has 0 aliphatic rings. The molecule has 0 heterocycles. The van der Waals surface area contributed by atoms with Crippen molar-refractivity contribution in [2.24, 2.45) is 0 Å². The smallest absolute Gasteiger partial charge is 0.151 e. The number of aliphatic hydroxyl groups excluding tert-OH is 1. The third kappa shape index (κ3) is 3.80. The topological polar surface area (TPSA) is 40.5 Å². The fourth-order valence-corrected chi connectivity index (χ4v) is 1.27. The zero-order valence-corrected chi connectivity index (χ0v) is 8.80. The van der Waals surface area contributed by atoms with Gasteiger partial charge in [0.2, 0.25) is 0 Å². The number of hydrogen-bond acceptors (Lipinski definition) is 2. The van der Waals surface area contributed by atoms with Gasteiger partial charge in [-0.25, -0.2) is 0 Å². The first-order chi connectivity index (χ1) is 6.10. The van der Waals surface area contributed by atoms with Crippen LogP contribution in [-0.2, 0) is 0 Å². The molecule has 0 saturated carbocycles. The summed E-state index contributed by atoms with van der Waals surface area (Å²) in [7, 11) is 0. The van der Waals surface area contributed by atoms with Gasteiger partial charge < -0.3 is 10.2 Å². The van der Waals surface area contributed by atoms with E-state index >= 15 is 0 Å². The van der Waals surface area contributed by atoms with Crippen LogP contribution in [0.5, 0.6) is 0 Å². The van der Waals surface area contributed by atoms with E-state index in [4.69, 9.17) is 0 Å². The third-order valence-corrected chi connectivity index (χ3v) is 2.05. The standard InChI is InChI=1S/C11H20O2/c1-4-7-9-11(13,8-5-2)10(12)6-3/h10,12-13H,4-6,8H2,1-3H3. The van der Waals surface area contributed by atoms with Gasteiger partial charge in [-0.15, -0.1) is 5.92 Å². The Morgan fingerprint density at radius 2 is 1.92 bits per heavy atom. The van der Waals surface area contributed by atoms with Gasteiger partial charge in [0.05, 0.1) is 6.10 Å². The highest BCUT2D eigenvalue weighted by atomic mass is 16.3. The first-order valence-corrected chi connectivity index (χ1v) is 5.01. The SMILES string of the molecule is CCC#CC(O)(CCC)C(O)CC. The summed E-state index contributed by atoms with van der Waals surface area (Å²) < 4.78 is 0. The van der Waals surface area contributed by atoms with Crippen molar-refractivity contribution in [1.29, 1.82) is 0 Å². The molecule has 0 aliphatic heterocycles. The Morgan fingerprint density at radius 1 is 1.31 bits per heavy atom. The van der Waals surface area contributed by atoms with Crippen LogP contribution >= 0.6 is 0 Å². The maximum Gasteiger partial charge on any atom is 0.151 e. The Morgan fingerprint density at radius 3 is 2.31 bits per heavy atom. The Bertz CT molecular complexity index is 190. The molecule has 2 unspecified atom stereocenters. The summed E-state index contributed by atoms with van der Waals surface area (Å²) in [5, 5.41) is 19.6. The second-order valence-corrected chi connectivity index (χ2v) is 3.25. The number of hydrogen-bond donors (Lipinski definition) is 2. The molecular formula is C11H20O2. The van der Waals surface area contributed by atoms with Crippen molar-refractivity contribution < 1.29 is 10.2 Å². The summed E-state index contributed by atoms with van der Waals surface area (Å²) in [4.78, 5) is 0. The molecule has 0 amide bonds. The number of rotatable bonds is 4. The molecule has 0 aromatic rings. The highest BCUT2D eigenvalue weighted by Gasteiger charge is 2.31. The number of aliphatic hydroxyl groups is 2. The Kier molecular flexibility index (Phi) is 5.77. The summed E-state index contributed by atoms with van der Waals surface area (Å²) in [6.07, 6.45) is 1.88. The van der Waals surface area contributed by atoms with Crippen molar-refractivity contribution in [3.05, 3.63) is 0 Å². The highest BCUT2D eigenvalue weighted by molar-refractivity contribution is 5.16. The predicted octanol–water partition coefficient (Wildman–Crippen LogP) is 1.70. The molecule has 0 saturated heterocycles. The maximum atomic E-state index is 9.99. The molecule has 0 rings (SSSR count). The minimum absolute atomic E-state index is 0.537. The van der Waals surface area contributed by atoms with Crippen molar-refractivity contribution in [3.8, 4) is 11.8 Å². The zero-order chi connectivity index (χ0) is 10.3. The summed E-state index contributed by atoms with van der Waals surface area (Å²) in [5.74, 6) is 5.58. The zero-order valence-electron chi connectivity index (χ0n) is 8.80. The molecule has 13 heavy (non-hydrogen) atoms. The quantitative estimate of drug-likeness (QED) is 0.653. The Labute approximate surface area is 81.0 Å². The van der Waals surface area contributed by atoms with Crippen molar-refractivity contribution in [1.82, 2.24) is 0 Å². The van der Waals surface area contributed by atoms with Crippen LogP contribution in [0.2, 0.25) is 0 Å². The van der Waals surface area contributed by atoms with Crippen LogP contribution in [0, 0.1) is 11.8 Å². The lowest BCUT2D eigenvalue weighted by atomic mass is 9.90. The summed E-state index contributed by atoms with van der Waals surface area (Å²) >= 11 is 0. The Balaban J connectivity index is 4.50. The molecule has 2 heteroatoms. The van der Waals surface area contributed by atoms with Crippen LogP contribution in [0.4, 0.5) is 0 Å². The van der Waals surface area contributed by atoms with Crippen molar-refractivity contribution in [2.75, 3.05) is 0 Å². The van der Waals surface area contributed by atoms with E-state index < -0.39 is 11.7 Å². The average Bonchev–Trinajstić information content (AvgIpc) is 2.14. The molecule has 0 spiro atoms. The van der Waals surface area contributed by atoms with Crippen LogP contribution in [0.3, 0.4) is 0 Å². The van der Waals surface area contributed by atoms with E-state index in [1.807, 2.05) is 20.8 Å². The van der Waals surface area contributed by atoms with Gasteiger partial charge in [0.15, 0.2) is 5.60 Å². The fraction of sp³-hybridized carbons (Fsp3) is 0.818. The van der Waals surface area contributed by atoms with Gasteiger partial charge in [0.1, 0.15) is 0 Å². The molecule has 0 aromatic carbocycles. The second-order valence-electron chi connectivity index (χ2n) is 3.25. The molecule has 2 nitrogen and oxygen atoms in total. The van der Waals surface area contributed by atoms with Gasteiger partial charge in [-0.05, 0) is 12.8 Å². The first-order valence-electron chi connectivity index (χ1n) is 5.01. The largest absolute Gasteiger partial charge is 0.389 e. The minimum atomic E-state index is -1.19. The van der Waals surface area contributed by atoms with Crippen LogP contribution in [0.15, 0.2) is 0 Å². The summed E-state index contributed by atoms with van der Waals surface area (Å²) in [6, 6.07) is 0. The van der Waals surface area contributed by atoms with E-state index in [1.54, 1.807) is 0 Å². The van der Waals surface area contributed by atoms with Crippen LogP contribution in [0.25, 0.3) is 0 Å². The van der Waals surface area contributed by atoms with Crippen LogP contribution in [0.1, 0.15) is 46.5 Å². The molecule has 0 aromatic heterocycles. The summed E-state index contributed by atoms with van der Waals surface area (Å²) in [6.45, 7) is 5.75. The molecule has 0 radical (unpaired) electrons. The van der Waals surface area contributed by atoms with Gasteiger partial charge >= 0.3 is 0 Å². The van der Waals surface area contributed by atoms with Crippen molar-refractivity contribution in [3.63, 3.8) is 0 Å².